The summed E-state index contributed by atoms with van der Waals surface area (Å²) < 4.78 is 23.2. The second kappa shape index (κ2) is 10.4. The van der Waals surface area contributed by atoms with Crippen LogP contribution in [0.3, 0.4) is 0 Å². The number of amides is 6. The van der Waals surface area contributed by atoms with Crippen LogP contribution in [0, 0.1) is 0 Å². The van der Waals surface area contributed by atoms with Gasteiger partial charge in [0.25, 0.3) is 0 Å². The number of hydrogen-bond acceptors (Lipinski definition) is 9. The van der Waals surface area contributed by atoms with Crippen molar-refractivity contribution in [3.8, 4) is 0 Å². The van der Waals surface area contributed by atoms with Crippen molar-refractivity contribution in [2.45, 2.75) is 42.1 Å². The Hall–Kier alpha value is -2.33. The van der Waals surface area contributed by atoms with Crippen molar-refractivity contribution in [1.29, 1.82) is 0 Å². The van der Waals surface area contributed by atoms with Crippen LogP contribution in [0.25, 0.3) is 0 Å². The molecule has 0 aliphatic carbocycles. The van der Waals surface area contributed by atoms with Crippen LogP contribution in [-0.2, 0) is 24.4 Å². The zero-order valence-electron chi connectivity index (χ0n) is 20.5. The molecule has 1 unspecified atom stereocenters. The SMILES string of the molecule is CC1(C)S[C@@H]2[C@H](NC(=O)[C@H](NC(=O)N3CCN(S(C)(=O)=O)C3=O)c3ccccc3)C(=O)N2C1C(=O)[O-].[Na+]. The predicted molar refractivity (Wildman–Crippen MR) is 124 cm³/mol. The molecule has 16 heteroatoms. The summed E-state index contributed by atoms with van der Waals surface area (Å²) >= 11 is 1.22. The minimum atomic E-state index is -3.87. The number of thioether (sulfide) groups is 1. The summed E-state index contributed by atoms with van der Waals surface area (Å²) in [5, 5.41) is 16.0. The van der Waals surface area contributed by atoms with Gasteiger partial charge in [0.05, 0.1) is 31.4 Å². The topological polar surface area (TPSA) is 176 Å². The van der Waals surface area contributed by atoms with Crippen LogP contribution >= 0.6 is 11.8 Å². The van der Waals surface area contributed by atoms with Crippen LogP contribution in [0.2, 0.25) is 0 Å². The maximum atomic E-state index is 13.3. The summed E-state index contributed by atoms with van der Waals surface area (Å²) in [5.41, 5.74) is 0.352. The fraction of sp³-hybridized carbons (Fsp3) is 0.476. The van der Waals surface area contributed by atoms with E-state index in [1.165, 1.54) is 16.7 Å². The monoisotopic (exact) mass is 561 g/mol. The molecular weight excluding hydrogens is 537 g/mol. The molecule has 0 aromatic heterocycles. The first kappa shape index (κ1) is 29.2. The molecule has 3 fully saturated rings. The Morgan fingerprint density at radius 1 is 1.14 bits per heavy atom. The molecule has 3 heterocycles. The average Bonchev–Trinajstić information content (AvgIpc) is 3.31. The number of benzene rings is 1. The molecule has 37 heavy (non-hydrogen) atoms. The van der Waals surface area contributed by atoms with Gasteiger partial charge in [-0.25, -0.2) is 27.2 Å². The first-order valence-electron chi connectivity index (χ1n) is 10.9. The summed E-state index contributed by atoms with van der Waals surface area (Å²) in [5.74, 6) is -2.73. The number of nitrogens with zero attached hydrogens (tertiary/aromatic N) is 3. The third-order valence-corrected chi connectivity index (χ3v) is 8.95. The maximum absolute atomic E-state index is 13.3. The van der Waals surface area contributed by atoms with E-state index in [2.05, 4.69) is 10.6 Å². The van der Waals surface area contributed by atoms with Crippen molar-refractivity contribution in [2.24, 2.45) is 0 Å². The number of rotatable bonds is 6. The number of carbonyl (C=O) groups is 5. The van der Waals surface area contributed by atoms with Gasteiger partial charge in [-0.15, -0.1) is 11.8 Å². The zero-order chi connectivity index (χ0) is 26.6. The van der Waals surface area contributed by atoms with Gasteiger partial charge >= 0.3 is 41.6 Å². The number of nitrogens with one attached hydrogen (secondary N) is 2. The molecule has 6 amide bonds. The fourth-order valence-electron chi connectivity index (χ4n) is 4.52. The Morgan fingerprint density at radius 2 is 1.76 bits per heavy atom. The second-order valence-corrected chi connectivity index (χ2v) is 12.8. The van der Waals surface area contributed by atoms with Crippen LogP contribution in [0.1, 0.15) is 25.5 Å². The van der Waals surface area contributed by atoms with Gasteiger partial charge in [0.15, 0.2) is 0 Å². The van der Waals surface area contributed by atoms with Crippen molar-refractivity contribution in [2.75, 3.05) is 19.3 Å². The number of sulfonamides is 1. The van der Waals surface area contributed by atoms with Crippen molar-refractivity contribution in [3.05, 3.63) is 35.9 Å². The maximum Gasteiger partial charge on any atom is 1.00 e. The molecule has 3 aliphatic heterocycles. The number of aliphatic carboxylic acids is 1. The molecule has 3 saturated heterocycles. The van der Waals surface area contributed by atoms with Crippen molar-refractivity contribution >= 4 is 51.6 Å². The molecule has 0 bridgehead atoms. The first-order valence-corrected chi connectivity index (χ1v) is 13.6. The van der Waals surface area contributed by atoms with E-state index in [1.54, 1.807) is 44.2 Å². The Balaban J connectivity index is 0.00000380. The van der Waals surface area contributed by atoms with Gasteiger partial charge in [-0.3, -0.25) is 9.59 Å². The number of β-lactam (4-membered cyclic amide) rings is 1. The summed E-state index contributed by atoms with van der Waals surface area (Å²) in [6.45, 7) is 2.92. The molecule has 0 radical (unpaired) electrons. The van der Waals surface area contributed by atoms with Crippen LogP contribution in [0.4, 0.5) is 9.59 Å². The molecule has 194 valence electrons. The quantitative estimate of drug-likeness (QED) is 0.256. The van der Waals surface area contributed by atoms with Crippen LogP contribution in [0.15, 0.2) is 30.3 Å². The largest absolute Gasteiger partial charge is 1.00 e. The van der Waals surface area contributed by atoms with Crippen LogP contribution < -0.4 is 45.3 Å². The standard InChI is InChI=1S/C21H25N5O8S2.Na/c1-21(2)14(18(29)30)26-16(28)13(17(26)35-21)22-15(27)12(11-7-5-4-6-8-11)23-19(31)24-9-10-25(20(24)32)36(3,33)34;/h4-8,12-14,17H,9-10H2,1-3H3,(H,22,27)(H,23,31)(H,29,30);/q;+1/p-1/t12-,13-,14?,17-;/m1./s1. The van der Waals surface area contributed by atoms with Crippen molar-refractivity contribution in [3.63, 3.8) is 0 Å². The molecule has 1 aromatic rings. The molecule has 0 saturated carbocycles. The smallest absolute Gasteiger partial charge is 0.548 e. The van der Waals surface area contributed by atoms with Gasteiger partial charge in [-0.2, -0.15) is 0 Å². The summed E-state index contributed by atoms with van der Waals surface area (Å²) in [7, 11) is -3.87. The second-order valence-electron chi connectivity index (χ2n) is 9.13. The van der Waals surface area contributed by atoms with E-state index in [0.29, 0.717) is 14.8 Å². The minimum absolute atomic E-state index is 0. The van der Waals surface area contributed by atoms with Gasteiger partial charge in [-0.05, 0) is 19.4 Å². The molecule has 13 nitrogen and oxygen atoms in total. The van der Waals surface area contributed by atoms with Gasteiger partial charge in [0.1, 0.15) is 17.5 Å². The number of fused-ring (bicyclic) bond motifs is 1. The zero-order valence-corrected chi connectivity index (χ0v) is 24.2. The summed E-state index contributed by atoms with van der Waals surface area (Å²) in [4.78, 5) is 64.8. The number of hydrogen-bond donors (Lipinski definition) is 2. The molecular formula is C21H24N5NaO8S2. The number of imide groups is 1. The Bertz CT molecular complexity index is 1240. The van der Waals surface area contributed by atoms with Gasteiger partial charge in [0.2, 0.25) is 21.8 Å². The number of carbonyl (C=O) groups excluding carboxylic acids is 5. The summed E-state index contributed by atoms with van der Waals surface area (Å²) in [6.07, 6.45) is 0.846. The Morgan fingerprint density at radius 3 is 2.30 bits per heavy atom. The molecule has 4 rings (SSSR count). The number of urea groups is 2. The van der Waals surface area contributed by atoms with E-state index >= 15 is 0 Å². The molecule has 0 spiro atoms. The van der Waals surface area contributed by atoms with E-state index in [9.17, 15) is 37.5 Å². The normalized spacial score (nSPS) is 25.1. The molecule has 3 aliphatic rings. The van der Waals surface area contributed by atoms with Crippen LogP contribution in [0.5, 0.6) is 0 Å². The number of carboxylic acids is 1. The van der Waals surface area contributed by atoms with E-state index < -0.39 is 68.1 Å². The summed E-state index contributed by atoms with van der Waals surface area (Å²) in [6, 6.07) is 2.56. The van der Waals surface area contributed by atoms with E-state index in [4.69, 9.17) is 0 Å². The van der Waals surface area contributed by atoms with Crippen LogP contribution in [-0.4, -0.2) is 93.9 Å². The van der Waals surface area contributed by atoms with Gasteiger partial charge in [0, 0.05) is 4.75 Å². The minimum Gasteiger partial charge on any atom is -0.548 e. The van der Waals surface area contributed by atoms with Gasteiger partial charge < -0.3 is 25.4 Å². The van der Waals surface area contributed by atoms with E-state index in [0.717, 1.165) is 6.26 Å². The fourth-order valence-corrected chi connectivity index (χ4v) is 6.94. The molecule has 1 aromatic carbocycles. The Kier molecular flexibility index (Phi) is 8.25. The third kappa shape index (κ3) is 5.32. The van der Waals surface area contributed by atoms with Crippen molar-refractivity contribution < 1.29 is 67.1 Å². The van der Waals surface area contributed by atoms with Crippen molar-refractivity contribution in [1.82, 2.24) is 24.7 Å². The average molecular weight is 562 g/mol. The molecule has 2 N–H and O–H groups in total. The van der Waals surface area contributed by atoms with Gasteiger partial charge in [-0.1, -0.05) is 30.3 Å². The third-order valence-electron chi connectivity index (χ3n) is 6.24. The van der Waals surface area contributed by atoms with E-state index in [1.807, 2.05) is 0 Å². The van der Waals surface area contributed by atoms with E-state index in [-0.39, 0.29) is 42.6 Å². The molecule has 4 atom stereocenters. The predicted octanol–water partition coefficient (Wildman–Crippen LogP) is -4.56. The first-order chi connectivity index (χ1) is 16.7. The Labute approximate surface area is 239 Å². The number of carboxylic acid groups (broad SMARTS) is 1.